The first-order chi connectivity index (χ1) is 10.3. The zero-order valence-corrected chi connectivity index (χ0v) is 12.8. The summed E-state index contributed by atoms with van der Waals surface area (Å²) in [6, 6.07) is 10.4. The van der Waals surface area contributed by atoms with Gasteiger partial charge in [-0.25, -0.2) is 0 Å². The highest BCUT2D eigenvalue weighted by Gasteiger charge is 2.12. The monoisotopic (exact) mass is 286 g/mol. The molecule has 1 aromatic heterocycles. The lowest BCUT2D eigenvalue weighted by Gasteiger charge is -2.17. The number of methoxy groups -OCH3 is 1. The Morgan fingerprint density at radius 3 is 2.76 bits per heavy atom. The minimum atomic E-state index is 0.185. The van der Waals surface area contributed by atoms with Gasteiger partial charge in [-0.1, -0.05) is 12.1 Å². The molecule has 0 radical (unpaired) electrons. The number of ether oxygens (including phenoxy) is 2. The Kier molecular flexibility index (Phi) is 5.58. The topological polar surface area (TPSA) is 43.4 Å². The van der Waals surface area contributed by atoms with Gasteiger partial charge in [0.25, 0.3) is 0 Å². The van der Waals surface area contributed by atoms with Crippen LogP contribution in [-0.4, -0.2) is 25.7 Å². The maximum atomic E-state index is 5.52. The molecule has 21 heavy (non-hydrogen) atoms. The quantitative estimate of drug-likeness (QED) is 0.849. The van der Waals surface area contributed by atoms with Crippen LogP contribution in [0.2, 0.25) is 0 Å². The van der Waals surface area contributed by atoms with Crippen LogP contribution >= 0.6 is 0 Å². The summed E-state index contributed by atoms with van der Waals surface area (Å²) in [5.74, 6) is 1.68. The van der Waals surface area contributed by atoms with Crippen molar-refractivity contribution in [1.82, 2.24) is 10.3 Å². The molecule has 0 amide bonds. The molecule has 0 bridgehead atoms. The van der Waals surface area contributed by atoms with E-state index in [0.29, 0.717) is 6.61 Å². The molecule has 0 fully saturated rings. The molecule has 0 saturated carbocycles. The van der Waals surface area contributed by atoms with Gasteiger partial charge in [-0.3, -0.25) is 4.98 Å². The van der Waals surface area contributed by atoms with Gasteiger partial charge in [0, 0.05) is 12.2 Å². The molecule has 2 aromatic rings. The van der Waals surface area contributed by atoms with Crippen LogP contribution in [0.3, 0.4) is 0 Å². The van der Waals surface area contributed by atoms with Gasteiger partial charge in [-0.2, -0.15) is 0 Å². The van der Waals surface area contributed by atoms with Gasteiger partial charge in [-0.05, 0) is 49.7 Å². The van der Waals surface area contributed by atoms with Crippen molar-refractivity contribution >= 4 is 0 Å². The molecule has 112 valence electrons. The minimum Gasteiger partial charge on any atom is -0.497 e. The summed E-state index contributed by atoms with van der Waals surface area (Å²) in [7, 11) is 3.64. The van der Waals surface area contributed by atoms with Crippen LogP contribution in [0.4, 0.5) is 0 Å². The molecular weight excluding hydrogens is 264 g/mol. The summed E-state index contributed by atoms with van der Waals surface area (Å²) < 4.78 is 10.8. The smallest absolute Gasteiger partial charge is 0.137 e. The third-order valence-corrected chi connectivity index (χ3v) is 3.37. The lowest BCUT2D eigenvalue weighted by atomic mass is 10.00. The van der Waals surface area contributed by atoms with Crippen molar-refractivity contribution in [1.29, 1.82) is 0 Å². The normalized spacial score (nSPS) is 12.0. The summed E-state index contributed by atoms with van der Waals surface area (Å²) in [5.41, 5.74) is 2.33. The molecule has 4 heteroatoms. The molecule has 0 spiro atoms. The van der Waals surface area contributed by atoms with E-state index in [2.05, 4.69) is 22.4 Å². The fraction of sp³-hybridized carbons (Fsp3) is 0.353. The summed E-state index contributed by atoms with van der Waals surface area (Å²) in [4.78, 5) is 4.26. The Morgan fingerprint density at radius 2 is 2.05 bits per heavy atom. The second-order valence-corrected chi connectivity index (χ2v) is 4.78. The molecule has 1 N–H and O–H groups in total. The lowest BCUT2D eigenvalue weighted by Crippen LogP contribution is -2.19. The fourth-order valence-corrected chi connectivity index (χ4v) is 2.29. The number of nitrogens with zero attached hydrogens (tertiary/aromatic N) is 1. The average Bonchev–Trinajstić information content (AvgIpc) is 2.53. The van der Waals surface area contributed by atoms with Gasteiger partial charge in [0.2, 0.25) is 0 Å². The Morgan fingerprint density at radius 1 is 1.19 bits per heavy atom. The molecule has 1 aromatic carbocycles. The molecule has 1 heterocycles. The van der Waals surface area contributed by atoms with Crippen LogP contribution < -0.4 is 14.8 Å². The molecule has 0 saturated heterocycles. The number of hydrogen-bond acceptors (Lipinski definition) is 4. The number of benzene rings is 1. The predicted molar refractivity (Wildman–Crippen MR) is 83.9 cm³/mol. The van der Waals surface area contributed by atoms with E-state index in [1.54, 1.807) is 13.3 Å². The molecule has 1 atom stereocenters. The number of aromatic nitrogens is 1. The molecule has 2 rings (SSSR count). The molecule has 0 aliphatic rings. The number of hydrogen-bond donors (Lipinski definition) is 1. The molecule has 1 unspecified atom stereocenters. The van der Waals surface area contributed by atoms with Crippen molar-refractivity contribution < 1.29 is 9.47 Å². The zero-order chi connectivity index (χ0) is 15.1. The second-order valence-electron chi connectivity index (χ2n) is 4.78. The first kappa shape index (κ1) is 15.3. The molecule has 4 nitrogen and oxygen atoms in total. The minimum absolute atomic E-state index is 0.185. The highest BCUT2D eigenvalue weighted by Crippen LogP contribution is 2.23. The van der Waals surface area contributed by atoms with Crippen molar-refractivity contribution in [2.45, 2.75) is 19.4 Å². The first-order valence-electron chi connectivity index (χ1n) is 7.14. The highest BCUT2D eigenvalue weighted by molar-refractivity contribution is 5.31. The SMILES string of the molecule is CCOc1cncc(C(Cc2cccc(OC)c2)NC)c1. The van der Waals surface area contributed by atoms with Gasteiger partial charge in [0.15, 0.2) is 0 Å². The van der Waals surface area contributed by atoms with Crippen molar-refractivity contribution in [2.75, 3.05) is 20.8 Å². The summed E-state index contributed by atoms with van der Waals surface area (Å²) in [5, 5.41) is 3.34. The van der Waals surface area contributed by atoms with Crippen LogP contribution in [0, 0.1) is 0 Å². The highest BCUT2D eigenvalue weighted by atomic mass is 16.5. The third-order valence-electron chi connectivity index (χ3n) is 3.37. The van der Waals surface area contributed by atoms with Crippen molar-refractivity contribution in [3.05, 3.63) is 53.9 Å². The summed E-state index contributed by atoms with van der Waals surface area (Å²) in [6.07, 6.45) is 4.49. The predicted octanol–water partition coefficient (Wildman–Crippen LogP) is 2.99. The first-order valence-corrected chi connectivity index (χ1v) is 7.14. The summed E-state index contributed by atoms with van der Waals surface area (Å²) >= 11 is 0. The van der Waals surface area contributed by atoms with Gasteiger partial charge in [-0.15, -0.1) is 0 Å². The van der Waals surface area contributed by atoms with Crippen LogP contribution in [0.5, 0.6) is 11.5 Å². The second kappa shape index (κ2) is 7.64. The van der Waals surface area contributed by atoms with Crippen molar-refractivity contribution in [3.63, 3.8) is 0 Å². The standard InChI is InChI=1S/C17H22N2O2/c1-4-21-16-10-14(11-19-12-16)17(18-2)9-13-6-5-7-15(8-13)20-3/h5-8,10-12,17-18H,4,9H2,1-3H3. The maximum Gasteiger partial charge on any atom is 0.137 e. The van der Waals surface area contributed by atoms with E-state index in [4.69, 9.17) is 9.47 Å². The van der Waals surface area contributed by atoms with E-state index in [9.17, 15) is 0 Å². The fourth-order valence-electron chi connectivity index (χ4n) is 2.29. The van der Waals surface area contributed by atoms with Crippen LogP contribution in [-0.2, 0) is 6.42 Å². The van der Waals surface area contributed by atoms with E-state index >= 15 is 0 Å². The average molecular weight is 286 g/mol. The molecule has 0 aliphatic heterocycles. The largest absolute Gasteiger partial charge is 0.497 e. The van der Waals surface area contributed by atoms with Gasteiger partial charge >= 0.3 is 0 Å². The zero-order valence-electron chi connectivity index (χ0n) is 12.8. The number of rotatable bonds is 7. The Labute approximate surface area is 126 Å². The Hall–Kier alpha value is -2.07. The Bertz CT molecular complexity index is 572. The van der Waals surface area contributed by atoms with Gasteiger partial charge in [0.05, 0.1) is 19.9 Å². The van der Waals surface area contributed by atoms with E-state index in [1.165, 1.54) is 5.56 Å². The van der Waals surface area contributed by atoms with Crippen molar-refractivity contribution in [3.8, 4) is 11.5 Å². The van der Waals surface area contributed by atoms with Crippen LogP contribution in [0.1, 0.15) is 24.1 Å². The Balaban J connectivity index is 2.17. The number of nitrogens with one attached hydrogen (secondary N) is 1. The van der Waals surface area contributed by atoms with Gasteiger partial charge < -0.3 is 14.8 Å². The number of likely N-dealkylation sites (N-methyl/N-ethyl adjacent to an activating group) is 1. The van der Waals surface area contributed by atoms with Crippen molar-refractivity contribution in [2.24, 2.45) is 0 Å². The van der Waals surface area contributed by atoms with Gasteiger partial charge in [0.1, 0.15) is 11.5 Å². The van der Waals surface area contributed by atoms with E-state index < -0.39 is 0 Å². The van der Waals surface area contributed by atoms with E-state index in [0.717, 1.165) is 23.5 Å². The van der Waals surface area contributed by atoms with Crippen LogP contribution in [0.15, 0.2) is 42.7 Å². The maximum absolute atomic E-state index is 5.52. The molecular formula is C17H22N2O2. The number of pyridine rings is 1. The van der Waals surface area contributed by atoms with Crippen LogP contribution in [0.25, 0.3) is 0 Å². The van der Waals surface area contributed by atoms with E-state index in [-0.39, 0.29) is 6.04 Å². The summed E-state index contributed by atoms with van der Waals surface area (Å²) in [6.45, 7) is 2.61. The third kappa shape index (κ3) is 4.20. The lowest BCUT2D eigenvalue weighted by molar-refractivity contribution is 0.338. The van der Waals surface area contributed by atoms with E-state index in [1.807, 2.05) is 38.4 Å². The molecule has 0 aliphatic carbocycles.